The van der Waals surface area contributed by atoms with Crippen molar-refractivity contribution >= 4 is 46.1 Å². The number of nitrogen functional groups attached to an aromatic ring is 1. The van der Waals surface area contributed by atoms with Crippen molar-refractivity contribution < 1.29 is 80.8 Å². The summed E-state index contributed by atoms with van der Waals surface area (Å²) >= 11 is 0. The number of nitrogens with zero attached hydrogens (tertiary/aromatic N) is 5. The number of ether oxygens (including phenoxy) is 2. The zero-order chi connectivity index (χ0) is 34.5. The van der Waals surface area contributed by atoms with E-state index in [2.05, 4.69) is 28.3 Å². The van der Waals surface area contributed by atoms with E-state index in [0.717, 1.165) is 17.2 Å². The molecule has 5 rings (SSSR count). The molecule has 1 amide bonds. The van der Waals surface area contributed by atoms with Gasteiger partial charge in [-0.1, -0.05) is 0 Å². The van der Waals surface area contributed by atoms with Crippen LogP contribution in [0.4, 0.5) is 5.82 Å². The standard InChI is InChI=1S/C21H28N7O16P3/c22-17-12-19(25-7-24-17)28(8-26-12)21-16(45(33,34)35)14(30)11(43-21)6-41-47(38,39)44-46(36,37)40-5-10-13(29)15(31)20(42-10)27-3-1-2-9(4-27)18(23)32/h1-4,7-8,10-11,13-16,20-21,29-31H,5-6H2,(H7-,22,23,24,25,32,33,34,35,36,37,38,39)/p+1/t10-,11-,13-,14-,15-,16-,20-,21-/m1/s1. The van der Waals surface area contributed by atoms with Crippen molar-refractivity contribution in [2.75, 3.05) is 18.9 Å². The first kappa shape index (κ1) is 35.5. The highest BCUT2D eigenvalue weighted by molar-refractivity contribution is 7.61. The van der Waals surface area contributed by atoms with Crippen molar-refractivity contribution in [2.45, 2.75) is 48.6 Å². The number of imidazole rings is 1. The number of hydrogen-bond donors (Lipinski definition) is 9. The number of rotatable bonds is 12. The van der Waals surface area contributed by atoms with Gasteiger partial charge in [0.05, 0.1) is 19.5 Å². The Bertz CT molecular complexity index is 1790. The summed E-state index contributed by atoms with van der Waals surface area (Å²) in [5.41, 5.74) is 9.11. The van der Waals surface area contributed by atoms with Crippen molar-refractivity contribution in [1.29, 1.82) is 0 Å². The van der Waals surface area contributed by atoms with Crippen LogP contribution in [-0.4, -0.2) is 110 Å². The molecule has 2 saturated heterocycles. The third-order valence-corrected chi connectivity index (χ3v) is 11.1. The minimum absolute atomic E-state index is 0.0165. The number of hydrogen-bond acceptors (Lipinski definition) is 16. The Balaban J connectivity index is 1.21. The van der Waals surface area contributed by atoms with Gasteiger partial charge < -0.3 is 55.8 Å². The molecule has 3 aromatic rings. The van der Waals surface area contributed by atoms with Gasteiger partial charge in [0.1, 0.15) is 47.5 Å². The predicted octanol–water partition coefficient (Wildman–Crippen LogP) is -2.83. The summed E-state index contributed by atoms with van der Waals surface area (Å²) in [5.74, 6) is -0.850. The van der Waals surface area contributed by atoms with Crippen molar-refractivity contribution in [3.63, 3.8) is 0 Å². The summed E-state index contributed by atoms with van der Waals surface area (Å²) in [6.45, 7) is -2.05. The molecular weight excluding hydrogens is 699 g/mol. The molecule has 11 N–H and O–H groups in total. The summed E-state index contributed by atoms with van der Waals surface area (Å²) in [7, 11) is -16.1. The van der Waals surface area contributed by atoms with Crippen LogP contribution in [-0.2, 0) is 36.5 Å². The summed E-state index contributed by atoms with van der Waals surface area (Å²) in [4.78, 5) is 63.2. The average Bonchev–Trinajstić information content (AvgIpc) is 3.64. The molecule has 258 valence electrons. The van der Waals surface area contributed by atoms with Crippen LogP contribution in [0.2, 0.25) is 0 Å². The van der Waals surface area contributed by atoms with E-state index in [1.165, 1.54) is 29.1 Å². The number of aliphatic hydroxyl groups excluding tert-OH is 3. The van der Waals surface area contributed by atoms with Crippen LogP contribution in [0.5, 0.6) is 0 Å². The van der Waals surface area contributed by atoms with Gasteiger partial charge in [-0.05, 0) is 6.07 Å². The molecule has 0 radical (unpaired) electrons. The topological polar surface area (TPSA) is 356 Å². The van der Waals surface area contributed by atoms with Crippen LogP contribution < -0.4 is 16.0 Å². The smallest absolute Gasteiger partial charge is 0.389 e. The van der Waals surface area contributed by atoms with Crippen molar-refractivity contribution in [3.8, 4) is 0 Å². The van der Waals surface area contributed by atoms with Gasteiger partial charge in [-0.15, -0.1) is 0 Å². The molecule has 0 saturated carbocycles. The number of fused-ring (bicyclic) bond motifs is 1. The summed E-state index contributed by atoms with van der Waals surface area (Å²) in [5, 5.41) is 31.5. The molecule has 0 spiro atoms. The predicted molar refractivity (Wildman–Crippen MR) is 149 cm³/mol. The zero-order valence-corrected chi connectivity index (χ0v) is 26.2. The first-order valence-electron chi connectivity index (χ1n) is 13.2. The molecule has 23 nitrogen and oxygen atoms in total. The Morgan fingerprint density at radius 1 is 0.957 bits per heavy atom. The second kappa shape index (κ2) is 13.2. The molecule has 47 heavy (non-hydrogen) atoms. The van der Waals surface area contributed by atoms with E-state index in [-0.39, 0.29) is 22.5 Å². The lowest BCUT2D eigenvalue weighted by molar-refractivity contribution is -0.765. The molecule has 0 bridgehead atoms. The number of aliphatic hydroxyl groups is 3. The normalized spacial score (nSPS) is 30.7. The summed E-state index contributed by atoms with van der Waals surface area (Å²) in [6, 6.07) is 2.79. The van der Waals surface area contributed by atoms with Gasteiger partial charge in [-0.2, -0.15) is 8.88 Å². The number of primary amides is 1. The SMILES string of the molecule is NC(=O)c1ccc[n+]([C@@H]2O[C@H](COP(=O)(O)OP(=O)(O)OC[C@H]3O[C@@H](n4cnc5c(N)ncnc54)[C@H](P(=O)(O)O)[C@@H]3O)[C@@H](O)[C@H]2O)c1. The minimum atomic E-state index is -5.52. The number of carbonyl (C=O) groups is 1. The number of aromatic nitrogens is 5. The van der Waals surface area contributed by atoms with Gasteiger partial charge in [-0.3, -0.25) is 23.0 Å². The fraction of sp³-hybridized carbons (Fsp3) is 0.476. The maximum absolute atomic E-state index is 12.5. The molecule has 2 aliphatic rings. The molecule has 3 aromatic heterocycles. The van der Waals surface area contributed by atoms with E-state index in [0.29, 0.717) is 0 Å². The fourth-order valence-electron chi connectivity index (χ4n) is 4.94. The molecule has 5 heterocycles. The van der Waals surface area contributed by atoms with Crippen LogP contribution in [0.1, 0.15) is 22.8 Å². The Morgan fingerprint density at radius 3 is 2.21 bits per heavy atom. The van der Waals surface area contributed by atoms with E-state index in [1.54, 1.807) is 0 Å². The number of anilines is 1. The molecule has 26 heteroatoms. The Hall–Kier alpha value is -2.82. The molecule has 2 unspecified atom stereocenters. The molecule has 10 atom stereocenters. The quantitative estimate of drug-likeness (QED) is 0.0670. The van der Waals surface area contributed by atoms with E-state index >= 15 is 0 Å². The Labute approximate surface area is 262 Å². The lowest BCUT2D eigenvalue weighted by Gasteiger charge is -2.22. The van der Waals surface area contributed by atoms with Crippen molar-refractivity contribution in [2.24, 2.45) is 5.73 Å². The first-order valence-corrected chi connectivity index (χ1v) is 17.9. The van der Waals surface area contributed by atoms with Gasteiger partial charge in [0.15, 0.2) is 36.2 Å². The Kier molecular flexibility index (Phi) is 9.99. The number of pyridine rings is 1. The second-order valence-corrected chi connectivity index (χ2v) is 15.1. The third kappa shape index (κ3) is 7.60. The number of phosphoric ester groups is 2. The highest BCUT2D eigenvalue weighted by Crippen LogP contribution is 2.61. The van der Waals surface area contributed by atoms with Crippen molar-refractivity contribution in [3.05, 3.63) is 42.7 Å². The van der Waals surface area contributed by atoms with Gasteiger partial charge in [-0.25, -0.2) is 24.1 Å². The van der Waals surface area contributed by atoms with Crippen molar-refractivity contribution in [1.82, 2.24) is 19.5 Å². The number of nitrogens with two attached hydrogens (primary N) is 2. The van der Waals surface area contributed by atoms with Gasteiger partial charge in [0, 0.05) is 6.07 Å². The molecule has 0 aliphatic carbocycles. The van der Waals surface area contributed by atoms with E-state index < -0.39 is 91.0 Å². The van der Waals surface area contributed by atoms with Crippen LogP contribution in [0.3, 0.4) is 0 Å². The van der Waals surface area contributed by atoms with Gasteiger partial charge in [0.25, 0.3) is 12.1 Å². The van der Waals surface area contributed by atoms with Crippen LogP contribution in [0.25, 0.3) is 11.2 Å². The molecule has 2 fully saturated rings. The lowest BCUT2D eigenvalue weighted by Crippen LogP contribution is -2.46. The third-order valence-electron chi connectivity index (χ3n) is 7.13. The molecule has 0 aromatic carbocycles. The maximum Gasteiger partial charge on any atom is 0.481 e. The zero-order valence-electron chi connectivity index (χ0n) is 23.5. The van der Waals surface area contributed by atoms with E-state index in [4.69, 9.17) is 20.9 Å². The number of phosphoric acid groups is 2. The molecular formula is C21H29N7O16P3+. The highest BCUT2D eigenvalue weighted by atomic mass is 31.3. The largest absolute Gasteiger partial charge is 0.481 e. The summed E-state index contributed by atoms with van der Waals surface area (Å²) < 4.78 is 64.2. The van der Waals surface area contributed by atoms with E-state index in [1.807, 2.05) is 0 Å². The van der Waals surface area contributed by atoms with Crippen LogP contribution >= 0.6 is 23.2 Å². The number of carbonyl (C=O) groups excluding carboxylic acids is 1. The minimum Gasteiger partial charge on any atom is -0.389 e. The average molecular weight is 728 g/mol. The van der Waals surface area contributed by atoms with Gasteiger partial charge in [0.2, 0.25) is 0 Å². The number of amides is 1. The van der Waals surface area contributed by atoms with Crippen LogP contribution in [0.15, 0.2) is 37.2 Å². The fourth-order valence-corrected chi connectivity index (χ4v) is 8.17. The van der Waals surface area contributed by atoms with Gasteiger partial charge >= 0.3 is 23.2 Å². The molecule has 2 aliphatic heterocycles. The highest BCUT2D eigenvalue weighted by Gasteiger charge is 2.55. The van der Waals surface area contributed by atoms with E-state index in [9.17, 15) is 53.4 Å². The van der Waals surface area contributed by atoms with Crippen LogP contribution in [0, 0.1) is 0 Å². The summed E-state index contributed by atoms with van der Waals surface area (Å²) in [6.07, 6.45) is -6.73. The maximum atomic E-state index is 12.5. The lowest BCUT2D eigenvalue weighted by atomic mass is 10.1. The monoisotopic (exact) mass is 728 g/mol. The second-order valence-electron chi connectivity index (χ2n) is 10.3. The first-order chi connectivity index (χ1) is 21.9. The Morgan fingerprint density at radius 2 is 1.60 bits per heavy atom.